The van der Waals surface area contributed by atoms with Gasteiger partial charge in [-0.2, -0.15) is 0 Å². The van der Waals surface area contributed by atoms with Crippen molar-refractivity contribution in [1.29, 1.82) is 0 Å². The van der Waals surface area contributed by atoms with Gasteiger partial charge in [0.2, 0.25) is 0 Å². The lowest BCUT2D eigenvalue weighted by molar-refractivity contribution is 0.339. The zero-order valence-electron chi connectivity index (χ0n) is 15.7. The van der Waals surface area contributed by atoms with E-state index in [1.54, 1.807) is 0 Å². The number of hydrogen-bond acceptors (Lipinski definition) is 3. The van der Waals surface area contributed by atoms with Crippen molar-refractivity contribution in [2.75, 3.05) is 6.61 Å². The van der Waals surface area contributed by atoms with E-state index in [4.69, 9.17) is 44.5 Å². The monoisotopic (exact) mass is 444 g/mol. The quantitative estimate of drug-likeness (QED) is 0.464. The molecule has 4 rings (SSSR count). The van der Waals surface area contributed by atoms with Crippen molar-refractivity contribution in [3.8, 4) is 5.75 Å². The minimum atomic E-state index is -0.117. The van der Waals surface area contributed by atoms with E-state index in [-0.39, 0.29) is 12.1 Å². The largest absolute Gasteiger partial charge is 0.493 e. The first-order valence-electron chi connectivity index (χ1n) is 9.33. The van der Waals surface area contributed by atoms with Gasteiger partial charge in [0, 0.05) is 15.1 Å². The number of halogens is 3. The number of benzene rings is 3. The number of aliphatic imine (C=N–C) groups is 1. The molecule has 3 aromatic carbocycles. The van der Waals surface area contributed by atoms with Gasteiger partial charge in [-0.15, -0.1) is 0 Å². The Morgan fingerprint density at radius 3 is 2.03 bits per heavy atom. The standard InChI is InChI=1S/C23H19Cl3N2O/c1-2-29-20-13-18(26)11-12-19(20)23-27-21(14-3-7-16(24)8-4-14)22(28-23)15-5-9-17(25)10-6-15/h3-13,21-22H,2H2,1H3,(H,27,28)/t21-,22+. The summed E-state index contributed by atoms with van der Waals surface area (Å²) in [4.78, 5) is 5.02. The van der Waals surface area contributed by atoms with Gasteiger partial charge in [-0.1, -0.05) is 59.1 Å². The fourth-order valence-corrected chi connectivity index (χ4v) is 3.87. The van der Waals surface area contributed by atoms with Crippen molar-refractivity contribution in [2.45, 2.75) is 19.0 Å². The number of rotatable bonds is 5. The van der Waals surface area contributed by atoms with E-state index in [2.05, 4.69) is 5.32 Å². The molecule has 3 nitrogen and oxygen atoms in total. The molecule has 0 bridgehead atoms. The van der Waals surface area contributed by atoms with E-state index >= 15 is 0 Å². The van der Waals surface area contributed by atoms with Crippen LogP contribution in [0.15, 0.2) is 71.7 Å². The molecule has 1 heterocycles. The van der Waals surface area contributed by atoms with Gasteiger partial charge in [0.25, 0.3) is 0 Å². The molecule has 3 aromatic rings. The lowest BCUT2D eigenvalue weighted by atomic mass is 9.95. The van der Waals surface area contributed by atoms with Gasteiger partial charge in [0.05, 0.1) is 18.2 Å². The first-order chi connectivity index (χ1) is 14.0. The van der Waals surface area contributed by atoms with Crippen LogP contribution in [0, 0.1) is 0 Å². The van der Waals surface area contributed by atoms with E-state index in [9.17, 15) is 0 Å². The zero-order valence-corrected chi connectivity index (χ0v) is 18.0. The summed E-state index contributed by atoms with van der Waals surface area (Å²) >= 11 is 18.4. The topological polar surface area (TPSA) is 33.6 Å². The van der Waals surface area contributed by atoms with E-state index in [0.717, 1.165) is 22.5 Å². The lowest BCUT2D eigenvalue weighted by Gasteiger charge is -2.20. The second-order valence-electron chi connectivity index (χ2n) is 6.72. The first-order valence-corrected chi connectivity index (χ1v) is 10.5. The van der Waals surface area contributed by atoms with E-state index in [1.807, 2.05) is 73.7 Å². The summed E-state index contributed by atoms with van der Waals surface area (Å²) in [5.41, 5.74) is 3.05. The molecule has 0 aliphatic carbocycles. The molecule has 148 valence electrons. The maximum Gasteiger partial charge on any atom is 0.133 e. The van der Waals surface area contributed by atoms with Gasteiger partial charge >= 0.3 is 0 Å². The molecule has 29 heavy (non-hydrogen) atoms. The Kier molecular flexibility index (Phi) is 6.00. The number of hydrogen-bond donors (Lipinski definition) is 1. The Balaban J connectivity index is 1.77. The average Bonchev–Trinajstić information content (AvgIpc) is 3.14. The average molecular weight is 446 g/mol. The third-order valence-corrected chi connectivity index (χ3v) is 5.55. The van der Waals surface area contributed by atoms with Crippen LogP contribution in [0.4, 0.5) is 0 Å². The highest BCUT2D eigenvalue weighted by Crippen LogP contribution is 2.39. The van der Waals surface area contributed by atoms with Gasteiger partial charge in [0.15, 0.2) is 0 Å². The molecule has 0 amide bonds. The molecule has 0 radical (unpaired) electrons. The van der Waals surface area contributed by atoms with Crippen LogP contribution >= 0.6 is 34.8 Å². The van der Waals surface area contributed by atoms with Crippen LogP contribution in [-0.2, 0) is 0 Å². The summed E-state index contributed by atoms with van der Waals surface area (Å²) < 4.78 is 5.80. The lowest BCUT2D eigenvalue weighted by Crippen LogP contribution is -2.25. The predicted octanol–water partition coefficient (Wildman–Crippen LogP) is 6.88. The molecule has 1 aliphatic rings. The molecule has 1 aliphatic heterocycles. The van der Waals surface area contributed by atoms with Crippen LogP contribution < -0.4 is 10.1 Å². The minimum Gasteiger partial charge on any atom is -0.493 e. The highest BCUT2D eigenvalue weighted by molar-refractivity contribution is 6.31. The van der Waals surface area contributed by atoms with E-state index in [0.29, 0.717) is 27.4 Å². The van der Waals surface area contributed by atoms with Crippen molar-refractivity contribution in [1.82, 2.24) is 5.32 Å². The molecule has 0 saturated heterocycles. The minimum absolute atomic E-state index is 0.0476. The van der Waals surface area contributed by atoms with Crippen molar-refractivity contribution < 1.29 is 4.74 Å². The SMILES string of the molecule is CCOc1cc(Cl)ccc1C1=N[C@H](c2ccc(Cl)cc2)[C@H](c2ccc(Cl)cc2)N1. The maximum atomic E-state index is 6.17. The summed E-state index contributed by atoms with van der Waals surface area (Å²) in [5, 5.41) is 5.60. The number of amidine groups is 1. The Hall–Kier alpha value is -2.20. The van der Waals surface area contributed by atoms with Crippen LogP contribution in [0.25, 0.3) is 0 Å². The smallest absolute Gasteiger partial charge is 0.133 e. The third-order valence-electron chi connectivity index (χ3n) is 4.82. The number of nitrogens with one attached hydrogen (secondary N) is 1. The van der Waals surface area contributed by atoms with E-state index < -0.39 is 0 Å². The van der Waals surface area contributed by atoms with Crippen LogP contribution in [-0.4, -0.2) is 12.4 Å². The van der Waals surface area contributed by atoms with Crippen molar-refractivity contribution in [3.05, 3.63) is 98.5 Å². The Morgan fingerprint density at radius 1 is 0.828 bits per heavy atom. The fraction of sp³-hybridized carbons (Fsp3) is 0.174. The molecule has 6 heteroatoms. The molecule has 0 saturated carbocycles. The van der Waals surface area contributed by atoms with Gasteiger partial charge < -0.3 is 10.1 Å². The third kappa shape index (κ3) is 4.37. The summed E-state index contributed by atoms with van der Waals surface area (Å²) in [7, 11) is 0. The van der Waals surface area contributed by atoms with Gasteiger partial charge in [-0.05, 0) is 60.5 Å². The Bertz CT molecular complexity index is 1030. The fourth-order valence-electron chi connectivity index (χ4n) is 3.45. The number of ether oxygens (including phenoxy) is 1. The Morgan fingerprint density at radius 2 is 1.41 bits per heavy atom. The molecule has 1 N–H and O–H groups in total. The molecule has 0 aromatic heterocycles. The summed E-state index contributed by atoms with van der Waals surface area (Å²) in [6.07, 6.45) is 0. The maximum absolute atomic E-state index is 6.17. The molecule has 2 atom stereocenters. The normalized spacial score (nSPS) is 18.3. The summed E-state index contributed by atoms with van der Waals surface area (Å²) in [5.74, 6) is 1.47. The predicted molar refractivity (Wildman–Crippen MR) is 121 cm³/mol. The van der Waals surface area contributed by atoms with Gasteiger partial charge in [-0.25, -0.2) is 0 Å². The van der Waals surface area contributed by atoms with E-state index in [1.165, 1.54) is 0 Å². The van der Waals surface area contributed by atoms with Crippen LogP contribution in [0.3, 0.4) is 0 Å². The van der Waals surface area contributed by atoms with Crippen LogP contribution in [0.1, 0.15) is 35.7 Å². The highest BCUT2D eigenvalue weighted by Gasteiger charge is 2.32. The second-order valence-corrected chi connectivity index (χ2v) is 8.03. The summed E-state index contributed by atoms with van der Waals surface area (Å²) in [6.45, 7) is 2.49. The van der Waals surface area contributed by atoms with Gasteiger partial charge in [0.1, 0.15) is 17.6 Å². The van der Waals surface area contributed by atoms with Crippen LogP contribution in [0.5, 0.6) is 5.75 Å². The zero-order chi connectivity index (χ0) is 20.4. The molecule has 0 fully saturated rings. The molecule has 0 spiro atoms. The van der Waals surface area contributed by atoms with Crippen molar-refractivity contribution >= 4 is 40.6 Å². The first kappa shape index (κ1) is 20.1. The molecule has 0 unspecified atom stereocenters. The Labute approximate surface area is 185 Å². The molecular weight excluding hydrogens is 427 g/mol. The summed E-state index contributed by atoms with van der Waals surface area (Å²) in [6, 6.07) is 21.0. The highest BCUT2D eigenvalue weighted by atomic mass is 35.5. The van der Waals surface area contributed by atoms with Crippen LogP contribution in [0.2, 0.25) is 15.1 Å². The van der Waals surface area contributed by atoms with Gasteiger partial charge in [-0.3, -0.25) is 4.99 Å². The second kappa shape index (κ2) is 8.66. The number of nitrogens with zero attached hydrogens (tertiary/aromatic N) is 1. The molecular formula is C23H19Cl3N2O. The van der Waals surface area contributed by atoms with Crippen molar-refractivity contribution in [3.63, 3.8) is 0 Å². The van der Waals surface area contributed by atoms with Crippen molar-refractivity contribution in [2.24, 2.45) is 4.99 Å².